The summed E-state index contributed by atoms with van der Waals surface area (Å²) >= 11 is 0. The van der Waals surface area contributed by atoms with E-state index in [1.165, 1.54) is 4.31 Å². The van der Waals surface area contributed by atoms with Crippen molar-refractivity contribution < 1.29 is 13.2 Å². The molecule has 0 amide bonds. The number of likely N-dealkylation sites (N-methyl/N-ethyl adjacent to an activating group) is 1. The highest BCUT2D eigenvalue weighted by atomic mass is 32.2. The van der Waals surface area contributed by atoms with Crippen molar-refractivity contribution in [1.82, 2.24) is 9.62 Å². The molecule has 0 aromatic heterocycles. The normalized spacial score (nSPS) is 12.0. The quantitative estimate of drug-likeness (QED) is 0.701. The highest BCUT2D eigenvalue weighted by molar-refractivity contribution is 7.89. The standard InChI is InChI=1S/C14H24N2O3S/c1-4-16(9-10-19-5-2)20(17,18)14-8-6-7-13(11-14)12-15-3/h6-8,11,15H,4-5,9-10,12H2,1-3H3. The highest BCUT2D eigenvalue weighted by Crippen LogP contribution is 2.17. The summed E-state index contributed by atoms with van der Waals surface area (Å²) in [7, 11) is -1.61. The van der Waals surface area contributed by atoms with E-state index in [0.29, 0.717) is 37.7 Å². The maximum absolute atomic E-state index is 12.6. The number of rotatable bonds is 9. The van der Waals surface area contributed by atoms with Gasteiger partial charge >= 0.3 is 0 Å². The Labute approximate surface area is 122 Å². The lowest BCUT2D eigenvalue weighted by Crippen LogP contribution is -2.34. The van der Waals surface area contributed by atoms with E-state index in [-0.39, 0.29) is 0 Å². The fraction of sp³-hybridized carbons (Fsp3) is 0.571. The number of nitrogens with zero attached hydrogens (tertiary/aromatic N) is 1. The van der Waals surface area contributed by atoms with Crippen molar-refractivity contribution in [3.8, 4) is 0 Å². The number of nitrogens with one attached hydrogen (secondary N) is 1. The van der Waals surface area contributed by atoms with Crippen LogP contribution in [0.25, 0.3) is 0 Å². The highest BCUT2D eigenvalue weighted by Gasteiger charge is 2.22. The van der Waals surface area contributed by atoms with Crippen LogP contribution in [0.4, 0.5) is 0 Å². The van der Waals surface area contributed by atoms with E-state index in [0.717, 1.165) is 5.56 Å². The molecule has 0 atom stereocenters. The van der Waals surface area contributed by atoms with Gasteiger partial charge in [-0.05, 0) is 31.7 Å². The summed E-state index contributed by atoms with van der Waals surface area (Å²) < 4.78 is 31.8. The molecule has 6 heteroatoms. The first-order valence-electron chi connectivity index (χ1n) is 6.87. The van der Waals surface area contributed by atoms with E-state index in [1.807, 2.05) is 27.0 Å². The molecule has 5 nitrogen and oxygen atoms in total. The monoisotopic (exact) mass is 300 g/mol. The summed E-state index contributed by atoms with van der Waals surface area (Å²) in [5.74, 6) is 0. The third-order valence-electron chi connectivity index (χ3n) is 2.96. The van der Waals surface area contributed by atoms with Gasteiger partial charge in [0, 0.05) is 26.2 Å². The van der Waals surface area contributed by atoms with Crippen LogP contribution in [0.1, 0.15) is 19.4 Å². The largest absolute Gasteiger partial charge is 0.380 e. The predicted molar refractivity (Wildman–Crippen MR) is 80.1 cm³/mol. The van der Waals surface area contributed by atoms with E-state index in [9.17, 15) is 8.42 Å². The van der Waals surface area contributed by atoms with Gasteiger partial charge in [-0.1, -0.05) is 19.1 Å². The van der Waals surface area contributed by atoms with Gasteiger partial charge in [0.05, 0.1) is 11.5 Å². The fourth-order valence-corrected chi connectivity index (χ4v) is 3.43. The van der Waals surface area contributed by atoms with Gasteiger partial charge in [0.2, 0.25) is 10.0 Å². The molecule has 0 bridgehead atoms. The van der Waals surface area contributed by atoms with Crippen LogP contribution in [-0.4, -0.2) is 46.1 Å². The Bertz CT molecular complexity index is 503. The van der Waals surface area contributed by atoms with Crippen molar-refractivity contribution in [2.75, 3.05) is 33.4 Å². The zero-order chi connectivity index (χ0) is 15.0. The third kappa shape index (κ3) is 4.56. The molecular weight excluding hydrogens is 276 g/mol. The van der Waals surface area contributed by atoms with Gasteiger partial charge < -0.3 is 10.1 Å². The van der Waals surface area contributed by atoms with E-state index in [1.54, 1.807) is 18.2 Å². The molecule has 0 saturated carbocycles. The van der Waals surface area contributed by atoms with Gasteiger partial charge in [0.1, 0.15) is 0 Å². The Morgan fingerprint density at radius 2 is 2.05 bits per heavy atom. The summed E-state index contributed by atoms with van der Waals surface area (Å²) in [6, 6.07) is 7.04. The minimum absolute atomic E-state index is 0.337. The molecule has 0 aliphatic heterocycles. The average Bonchev–Trinajstić information content (AvgIpc) is 2.44. The first-order chi connectivity index (χ1) is 9.56. The van der Waals surface area contributed by atoms with Crippen LogP contribution in [0.3, 0.4) is 0 Å². The molecule has 114 valence electrons. The third-order valence-corrected chi connectivity index (χ3v) is 4.93. The molecule has 0 aliphatic rings. The SMILES string of the molecule is CCOCCN(CC)S(=O)(=O)c1cccc(CNC)c1. The Balaban J connectivity index is 2.92. The summed E-state index contributed by atoms with van der Waals surface area (Å²) in [5, 5.41) is 3.02. The molecule has 1 rings (SSSR count). The van der Waals surface area contributed by atoms with Gasteiger partial charge in [0.25, 0.3) is 0 Å². The zero-order valence-electron chi connectivity index (χ0n) is 12.4. The van der Waals surface area contributed by atoms with Gasteiger partial charge in [-0.15, -0.1) is 0 Å². The van der Waals surface area contributed by atoms with E-state index in [4.69, 9.17) is 4.74 Å². The summed E-state index contributed by atoms with van der Waals surface area (Å²) in [5.41, 5.74) is 0.953. The molecule has 1 aromatic carbocycles. The maximum atomic E-state index is 12.6. The summed E-state index contributed by atoms with van der Waals surface area (Å²) in [6.07, 6.45) is 0. The van der Waals surface area contributed by atoms with Gasteiger partial charge in [0.15, 0.2) is 0 Å². The van der Waals surface area contributed by atoms with Crippen LogP contribution in [0.5, 0.6) is 0 Å². The van der Waals surface area contributed by atoms with Crippen molar-refractivity contribution in [2.24, 2.45) is 0 Å². The van der Waals surface area contributed by atoms with Crippen LogP contribution in [0.2, 0.25) is 0 Å². The number of hydrogen-bond acceptors (Lipinski definition) is 4. The lowest BCUT2D eigenvalue weighted by atomic mass is 10.2. The van der Waals surface area contributed by atoms with Crippen molar-refractivity contribution >= 4 is 10.0 Å². The second-order valence-electron chi connectivity index (χ2n) is 4.37. The molecule has 0 fully saturated rings. The van der Waals surface area contributed by atoms with Crippen molar-refractivity contribution in [2.45, 2.75) is 25.3 Å². The van der Waals surface area contributed by atoms with E-state index < -0.39 is 10.0 Å². The molecule has 0 unspecified atom stereocenters. The summed E-state index contributed by atoms with van der Waals surface area (Å²) in [4.78, 5) is 0.337. The Kier molecular flexibility index (Phi) is 7.15. The molecule has 0 aliphatic carbocycles. The minimum atomic E-state index is -3.45. The van der Waals surface area contributed by atoms with Gasteiger partial charge in [-0.2, -0.15) is 4.31 Å². The molecular formula is C14H24N2O3S. The first-order valence-corrected chi connectivity index (χ1v) is 8.31. The molecule has 0 radical (unpaired) electrons. The van der Waals surface area contributed by atoms with Crippen molar-refractivity contribution in [3.05, 3.63) is 29.8 Å². The molecule has 0 heterocycles. The van der Waals surface area contributed by atoms with Gasteiger partial charge in [-0.3, -0.25) is 0 Å². The number of ether oxygens (including phenoxy) is 1. The van der Waals surface area contributed by atoms with E-state index >= 15 is 0 Å². The Hall–Kier alpha value is -0.950. The number of benzene rings is 1. The molecule has 1 aromatic rings. The predicted octanol–water partition coefficient (Wildman–Crippen LogP) is 1.45. The smallest absolute Gasteiger partial charge is 0.243 e. The fourth-order valence-electron chi connectivity index (χ4n) is 1.93. The topological polar surface area (TPSA) is 58.6 Å². The van der Waals surface area contributed by atoms with E-state index in [2.05, 4.69) is 5.32 Å². The van der Waals surface area contributed by atoms with Crippen LogP contribution in [-0.2, 0) is 21.3 Å². The van der Waals surface area contributed by atoms with Crippen LogP contribution < -0.4 is 5.32 Å². The van der Waals surface area contributed by atoms with Gasteiger partial charge in [-0.25, -0.2) is 8.42 Å². The lowest BCUT2D eigenvalue weighted by molar-refractivity contribution is 0.135. The minimum Gasteiger partial charge on any atom is -0.380 e. The number of hydrogen-bond donors (Lipinski definition) is 1. The molecule has 20 heavy (non-hydrogen) atoms. The van der Waals surface area contributed by atoms with Crippen molar-refractivity contribution in [3.63, 3.8) is 0 Å². The lowest BCUT2D eigenvalue weighted by Gasteiger charge is -2.20. The first kappa shape index (κ1) is 17.1. The van der Waals surface area contributed by atoms with Crippen LogP contribution in [0.15, 0.2) is 29.2 Å². The molecule has 1 N–H and O–H groups in total. The maximum Gasteiger partial charge on any atom is 0.243 e. The second-order valence-corrected chi connectivity index (χ2v) is 6.31. The van der Waals surface area contributed by atoms with Crippen LogP contribution in [0, 0.1) is 0 Å². The Morgan fingerprint density at radius 3 is 2.65 bits per heavy atom. The number of sulfonamides is 1. The summed E-state index contributed by atoms with van der Waals surface area (Å²) in [6.45, 7) is 6.20. The second kappa shape index (κ2) is 8.36. The molecule has 0 spiro atoms. The molecule has 0 saturated heterocycles. The van der Waals surface area contributed by atoms with Crippen molar-refractivity contribution in [1.29, 1.82) is 0 Å². The zero-order valence-corrected chi connectivity index (χ0v) is 13.2. The van der Waals surface area contributed by atoms with Crippen LogP contribution >= 0.6 is 0 Å². The Morgan fingerprint density at radius 1 is 1.30 bits per heavy atom. The average molecular weight is 300 g/mol.